The molecule has 7 heteroatoms. The largest absolute Gasteiger partial charge is 0.454 e. The smallest absolute Gasteiger partial charge is 0.340 e. The number of aromatic nitrogens is 1. The highest BCUT2D eigenvalue weighted by atomic mass is 35.5. The Bertz CT molecular complexity index is 1510. The molecule has 3 aromatic carbocycles. The number of fused-ring (bicyclic) bond motifs is 3. The van der Waals surface area contributed by atoms with Crippen molar-refractivity contribution in [2.24, 2.45) is 0 Å². The summed E-state index contributed by atoms with van der Waals surface area (Å²) in [5, 5.41) is 0.576. The minimum Gasteiger partial charge on any atom is -0.454 e. The number of carbonyl (C=O) groups excluding carboxylic acids is 4. The fraction of sp³-hybridized carbons (Fsp3) is 0.0769. The van der Waals surface area contributed by atoms with Crippen LogP contribution in [0.2, 0.25) is 5.02 Å². The first kappa shape index (κ1) is 20.8. The van der Waals surface area contributed by atoms with Gasteiger partial charge in [-0.1, -0.05) is 54.1 Å². The number of halogens is 1. The lowest BCUT2D eigenvalue weighted by Gasteiger charge is -2.19. The topological polar surface area (TPSA) is 93.3 Å². The molecule has 1 aliphatic rings. The third kappa shape index (κ3) is 3.27. The van der Waals surface area contributed by atoms with Gasteiger partial charge >= 0.3 is 5.97 Å². The van der Waals surface area contributed by atoms with Crippen LogP contribution in [0.1, 0.15) is 58.3 Å². The molecule has 4 aromatic rings. The SMILES string of the molecule is Cc1[nH]c2ccccc2c1C(=O)COC(=O)c1ccc2c(c1Cl)C(=O)c1ccccc1C2=O. The van der Waals surface area contributed by atoms with Crippen molar-refractivity contribution >= 4 is 45.8 Å². The molecule has 0 spiro atoms. The fourth-order valence-electron chi connectivity index (χ4n) is 4.22. The molecule has 0 aliphatic heterocycles. The quantitative estimate of drug-likeness (QED) is 0.304. The molecule has 1 aliphatic carbocycles. The zero-order valence-corrected chi connectivity index (χ0v) is 18.2. The van der Waals surface area contributed by atoms with Gasteiger partial charge in [0.2, 0.25) is 5.78 Å². The standard InChI is InChI=1S/C26H16ClNO5/c1-13-21(16-8-4-5-9-19(16)28-13)20(29)12-33-26(32)18-11-10-17-22(23(18)27)25(31)15-7-3-2-6-14(15)24(17)30/h2-11,28H,12H2,1H3. The summed E-state index contributed by atoms with van der Waals surface area (Å²) in [5.74, 6) is -2.00. The van der Waals surface area contributed by atoms with Crippen LogP contribution in [0.25, 0.3) is 10.9 Å². The van der Waals surface area contributed by atoms with Gasteiger partial charge in [0.15, 0.2) is 18.2 Å². The second kappa shape index (κ2) is 7.83. The summed E-state index contributed by atoms with van der Waals surface area (Å²) in [7, 11) is 0. The number of para-hydroxylation sites is 1. The van der Waals surface area contributed by atoms with Crippen LogP contribution in [0.5, 0.6) is 0 Å². The van der Waals surface area contributed by atoms with Crippen molar-refractivity contribution in [1.29, 1.82) is 0 Å². The molecule has 0 radical (unpaired) electrons. The maximum Gasteiger partial charge on any atom is 0.340 e. The highest BCUT2D eigenvalue weighted by molar-refractivity contribution is 6.41. The molecule has 6 nitrogen and oxygen atoms in total. The number of aryl methyl sites for hydroxylation is 1. The van der Waals surface area contributed by atoms with Gasteiger partial charge < -0.3 is 9.72 Å². The molecular formula is C26H16ClNO5. The fourth-order valence-corrected chi connectivity index (χ4v) is 4.55. The second-order valence-corrected chi connectivity index (χ2v) is 8.10. The van der Waals surface area contributed by atoms with E-state index in [1.807, 2.05) is 24.3 Å². The van der Waals surface area contributed by atoms with Crippen LogP contribution in [-0.4, -0.2) is 34.9 Å². The van der Waals surface area contributed by atoms with Crippen LogP contribution in [0, 0.1) is 6.92 Å². The van der Waals surface area contributed by atoms with E-state index in [1.54, 1.807) is 31.2 Å². The number of rotatable bonds is 4. The zero-order valence-electron chi connectivity index (χ0n) is 17.4. The molecule has 1 heterocycles. The Hall–Kier alpha value is -4.03. The highest BCUT2D eigenvalue weighted by Gasteiger charge is 2.33. The second-order valence-electron chi connectivity index (χ2n) is 7.72. The predicted molar refractivity (Wildman–Crippen MR) is 122 cm³/mol. The van der Waals surface area contributed by atoms with Crippen molar-refractivity contribution in [3.63, 3.8) is 0 Å². The van der Waals surface area contributed by atoms with Crippen LogP contribution in [-0.2, 0) is 4.74 Å². The number of Topliss-reactive ketones (excluding diaryl/α,β-unsaturated/α-hetero) is 1. The van der Waals surface area contributed by atoms with E-state index in [0.717, 1.165) is 10.9 Å². The van der Waals surface area contributed by atoms with Gasteiger partial charge in [-0.05, 0) is 25.1 Å². The van der Waals surface area contributed by atoms with E-state index >= 15 is 0 Å². The van der Waals surface area contributed by atoms with Crippen molar-refractivity contribution in [3.05, 3.63) is 105 Å². The average Bonchev–Trinajstić information content (AvgIpc) is 3.16. The first-order chi connectivity index (χ1) is 15.9. The van der Waals surface area contributed by atoms with Crippen LogP contribution in [0.4, 0.5) is 0 Å². The van der Waals surface area contributed by atoms with Crippen molar-refractivity contribution in [3.8, 4) is 0 Å². The third-order valence-electron chi connectivity index (χ3n) is 5.76. The van der Waals surface area contributed by atoms with E-state index in [2.05, 4.69) is 4.98 Å². The summed E-state index contributed by atoms with van der Waals surface area (Å²) >= 11 is 6.40. The molecule has 162 valence electrons. The Kier molecular flexibility index (Phi) is 4.95. The first-order valence-electron chi connectivity index (χ1n) is 10.2. The molecule has 0 atom stereocenters. The summed E-state index contributed by atoms with van der Waals surface area (Å²) in [5.41, 5.74) is 2.47. The van der Waals surface area contributed by atoms with Crippen molar-refractivity contribution < 1.29 is 23.9 Å². The number of carbonyl (C=O) groups is 4. The number of esters is 1. The summed E-state index contributed by atoms with van der Waals surface area (Å²) in [6.45, 7) is 1.28. The number of hydrogen-bond donors (Lipinski definition) is 1. The number of ketones is 3. The van der Waals surface area contributed by atoms with Crippen molar-refractivity contribution in [1.82, 2.24) is 4.98 Å². The molecule has 0 fully saturated rings. The lowest BCUT2D eigenvalue weighted by Crippen LogP contribution is -2.23. The summed E-state index contributed by atoms with van der Waals surface area (Å²) in [6, 6.07) is 16.5. The van der Waals surface area contributed by atoms with Crippen molar-refractivity contribution in [2.45, 2.75) is 6.92 Å². The summed E-state index contributed by atoms with van der Waals surface area (Å²) < 4.78 is 5.24. The van der Waals surface area contributed by atoms with E-state index in [9.17, 15) is 19.2 Å². The summed E-state index contributed by atoms with van der Waals surface area (Å²) in [4.78, 5) is 54.5. The monoisotopic (exact) mass is 457 g/mol. The van der Waals surface area contributed by atoms with E-state index in [0.29, 0.717) is 16.8 Å². The molecule has 0 unspecified atom stereocenters. The maximum atomic E-state index is 13.0. The highest BCUT2D eigenvalue weighted by Crippen LogP contribution is 2.34. The molecule has 0 saturated heterocycles. The van der Waals surface area contributed by atoms with Crippen LogP contribution in [0.3, 0.4) is 0 Å². The number of benzene rings is 3. The molecule has 0 bridgehead atoms. The molecule has 0 amide bonds. The van der Waals surface area contributed by atoms with Crippen molar-refractivity contribution in [2.75, 3.05) is 6.61 Å². The van der Waals surface area contributed by atoms with Gasteiger partial charge in [0.05, 0.1) is 16.1 Å². The van der Waals surface area contributed by atoms with Gasteiger partial charge in [0.1, 0.15) is 0 Å². The van der Waals surface area contributed by atoms with E-state index < -0.39 is 18.4 Å². The predicted octanol–water partition coefficient (Wildman–Crippen LogP) is 4.94. The van der Waals surface area contributed by atoms with E-state index in [-0.39, 0.29) is 38.8 Å². The normalized spacial score (nSPS) is 12.4. The van der Waals surface area contributed by atoms with Gasteiger partial charge in [0.25, 0.3) is 0 Å². The average molecular weight is 458 g/mol. The third-order valence-corrected chi connectivity index (χ3v) is 6.15. The molecule has 0 saturated carbocycles. The van der Waals surface area contributed by atoms with Gasteiger partial charge in [-0.2, -0.15) is 0 Å². The van der Waals surface area contributed by atoms with Crippen LogP contribution in [0.15, 0.2) is 60.7 Å². The number of aromatic amines is 1. The number of ether oxygens (including phenoxy) is 1. The molecule has 1 N–H and O–H groups in total. The molecule has 5 rings (SSSR count). The molecule has 1 aromatic heterocycles. The number of hydrogen-bond acceptors (Lipinski definition) is 5. The minimum absolute atomic E-state index is 0.0337. The lowest BCUT2D eigenvalue weighted by atomic mass is 9.83. The summed E-state index contributed by atoms with van der Waals surface area (Å²) in [6.07, 6.45) is 0. The lowest BCUT2D eigenvalue weighted by molar-refractivity contribution is 0.0475. The molecular weight excluding hydrogens is 442 g/mol. The van der Waals surface area contributed by atoms with Gasteiger partial charge in [0, 0.05) is 38.9 Å². The Balaban J connectivity index is 1.42. The Morgan fingerprint density at radius 3 is 2.30 bits per heavy atom. The van der Waals surface area contributed by atoms with E-state index in [1.165, 1.54) is 12.1 Å². The Morgan fingerprint density at radius 2 is 1.55 bits per heavy atom. The number of nitrogens with one attached hydrogen (secondary N) is 1. The Morgan fingerprint density at radius 1 is 0.879 bits per heavy atom. The molecule has 33 heavy (non-hydrogen) atoms. The van der Waals surface area contributed by atoms with Gasteiger partial charge in [-0.25, -0.2) is 4.79 Å². The van der Waals surface area contributed by atoms with Gasteiger partial charge in [-0.3, -0.25) is 14.4 Å². The minimum atomic E-state index is -0.854. The van der Waals surface area contributed by atoms with E-state index in [4.69, 9.17) is 16.3 Å². The Labute approximate surface area is 193 Å². The zero-order chi connectivity index (χ0) is 23.3. The van der Waals surface area contributed by atoms with Crippen LogP contribution < -0.4 is 0 Å². The maximum absolute atomic E-state index is 13.0. The van der Waals surface area contributed by atoms with Gasteiger partial charge in [-0.15, -0.1) is 0 Å². The number of H-pyrrole nitrogens is 1. The van der Waals surface area contributed by atoms with Crippen LogP contribution >= 0.6 is 11.6 Å². The first-order valence-corrected chi connectivity index (χ1v) is 10.5.